The van der Waals surface area contributed by atoms with E-state index in [0.29, 0.717) is 6.42 Å². The molecule has 0 spiro atoms. The Hall–Kier alpha value is 0.0900. The van der Waals surface area contributed by atoms with Gasteiger partial charge in [0, 0.05) is 24.7 Å². The number of aliphatic hydroxyl groups excluding tert-OH is 1. The van der Waals surface area contributed by atoms with E-state index in [2.05, 4.69) is 62.8 Å². The minimum absolute atomic E-state index is 0.406. The van der Waals surface area contributed by atoms with Gasteiger partial charge in [0.1, 0.15) is 0 Å². The summed E-state index contributed by atoms with van der Waals surface area (Å²) in [6, 6.07) is 10.2. The Morgan fingerprint density at radius 1 is 1.31 bits per heavy atom. The predicted molar refractivity (Wildman–Crippen MR) is 79.8 cm³/mol. The highest BCUT2D eigenvalue weighted by Crippen LogP contribution is 2.27. The van der Waals surface area contributed by atoms with Crippen LogP contribution in [0.5, 0.6) is 0 Å². The Kier molecular flexibility index (Phi) is 4.41. The molecule has 16 heavy (non-hydrogen) atoms. The molecule has 1 heterocycles. The van der Waals surface area contributed by atoms with E-state index in [0.717, 1.165) is 14.9 Å². The van der Waals surface area contributed by atoms with E-state index >= 15 is 0 Å². The first-order valence-corrected chi connectivity index (χ1v) is 7.57. The highest BCUT2D eigenvalue weighted by molar-refractivity contribution is 14.1. The molecule has 0 saturated heterocycles. The maximum absolute atomic E-state index is 10.0. The third-order valence-electron chi connectivity index (χ3n) is 2.26. The summed E-state index contributed by atoms with van der Waals surface area (Å²) in [5.74, 6) is 0. The normalized spacial score (nSPS) is 12.7. The number of hydrogen-bond donors (Lipinski definition) is 1. The molecule has 0 radical (unpaired) electrons. The lowest BCUT2D eigenvalue weighted by Gasteiger charge is -2.08. The summed E-state index contributed by atoms with van der Waals surface area (Å²) in [4.78, 5) is 1.01. The molecule has 1 aromatic heterocycles. The summed E-state index contributed by atoms with van der Waals surface area (Å²) in [7, 11) is 0. The van der Waals surface area contributed by atoms with E-state index in [-0.39, 0.29) is 0 Å². The van der Waals surface area contributed by atoms with Gasteiger partial charge in [-0.2, -0.15) is 0 Å². The van der Waals surface area contributed by atoms with Crippen LogP contribution in [-0.4, -0.2) is 5.11 Å². The molecule has 0 aliphatic carbocycles. The molecule has 0 saturated carbocycles. The fourth-order valence-electron chi connectivity index (χ4n) is 1.45. The van der Waals surface area contributed by atoms with Gasteiger partial charge in [-0.3, -0.25) is 0 Å². The molecule has 1 aromatic carbocycles. The summed E-state index contributed by atoms with van der Waals surface area (Å²) in [6.45, 7) is 0. The van der Waals surface area contributed by atoms with Gasteiger partial charge in [-0.15, -0.1) is 11.3 Å². The zero-order valence-corrected chi connectivity index (χ0v) is 12.9. The largest absolute Gasteiger partial charge is 0.387 e. The average Bonchev–Trinajstić information content (AvgIpc) is 2.68. The second kappa shape index (κ2) is 5.62. The molecule has 0 bridgehead atoms. The van der Waals surface area contributed by atoms with Gasteiger partial charge in [0.15, 0.2) is 0 Å². The SMILES string of the molecule is OC(Cc1ccc(I)cc1)c1cc(Br)cs1. The second-order valence-electron chi connectivity index (χ2n) is 3.51. The van der Waals surface area contributed by atoms with Gasteiger partial charge < -0.3 is 5.11 Å². The van der Waals surface area contributed by atoms with Gasteiger partial charge in [0.25, 0.3) is 0 Å². The zero-order valence-electron chi connectivity index (χ0n) is 8.36. The summed E-state index contributed by atoms with van der Waals surface area (Å²) in [5, 5.41) is 12.0. The molecule has 1 nitrogen and oxygen atoms in total. The zero-order chi connectivity index (χ0) is 11.5. The van der Waals surface area contributed by atoms with Crippen molar-refractivity contribution in [3.63, 3.8) is 0 Å². The molecule has 84 valence electrons. The van der Waals surface area contributed by atoms with E-state index < -0.39 is 6.10 Å². The lowest BCUT2D eigenvalue weighted by molar-refractivity contribution is 0.182. The van der Waals surface area contributed by atoms with Crippen molar-refractivity contribution < 1.29 is 5.11 Å². The van der Waals surface area contributed by atoms with Crippen molar-refractivity contribution in [1.29, 1.82) is 0 Å². The van der Waals surface area contributed by atoms with Crippen molar-refractivity contribution in [2.75, 3.05) is 0 Å². The molecule has 0 amide bonds. The van der Waals surface area contributed by atoms with Crippen molar-refractivity contribution in [3.05, 3.63) is 54.2 Å². The molecule has 1 N–H and O–H groups in total. The minimum atomic E-state index is -0.406. The fraction of sp³-hybridized carbons (Fsp3) is 0.167. The van der Waals surface area contributed by atoms with E-state index in [1.165, 1.54) is 3.57 Å². The highest BCUT2D eigenvalue weighted by Gasteiger charge is 2.10. The lowest BCUT2D eigenvalue weighted by atomic mass is 10.1. The van der Waals surface area contributed by atoms with Gasteiger partial charge in [-0.25, -0.2) is 0 Å². The van der Waals surface area contributed by atoms with Gasteiger partial charge in [0.2, 0.25) is 0 Å². The smallest absolute Gasteiger partial charge is 0.0922 e. The number of rotatable bonds is 3. The van der Waals surface area contributed by atoms with E-state index in [1.54, 1.807) is 11.3 Å². The molecule has 0 fully saturated rings. The second-order valence-corrected chi connectivity index (χ2v) is 6.62. The molecular weight excluding hydrogens is 399 g/mol. The molecule has 0 aliphatic heterocycles. The summed E-state index contributed by atoms with van der Waals surface area (Å²) in [6.07, 6.45) is 0.264. The van der Waals surface area contributed by atoms with Crippen LogP contribution in [-0.2, 0) is 6.42 Å². The number of halogens is 2. The molecule has 2 rings (SSSR count). The van der Waals surface area contributed by atoms with Gasteiger partial charge in [-0.05, 0) is 62.3 Å². The quantitative estimate of drug-likeness (QED) is 0.746. The van der Waals surface area contributed by atoms with Crippen LogP contribution in [0.4, 0.5) is 0 Å². The van der Waals surface area contributed by atoms with Gasteiger partial charge in [-0.1, -0.05) is 12.1 Å². The number of hydrogen-bond acceptors (Lipinski definition) is 2. The van der Waals surface area contributed by atoms with Crippen LogP contribution >= 0.6 is 49.9 Å². The van der Waals surface area contributed by atoms with E-state index in [9.17, 15) is 5.11 Å². The minimum Gasteiger partial charge on any atom is -0.387 e. The summed E-state index contributed by atoms with van der Waals surface area (Å²) >= 11 is 7.25. The third kappa shape index (κ3) is 3.29. The first kappa shape index (κ1) is 12.5. The molecule has 1 unspecified atom stereocenters. The van der Waals surface area contributed by atoms with Crippen LogP contribution in [0.15, 0.2) is 40.2 Å². The average molecular weight is 409 g/mol. The Balaban J connectivity index is 2.07. The molecular formula is C12H10BrIOS. The predicted octanol–water partition coefficient (Wildman–Crippen LogP) is 4.39. The standard InChI is InChI=1S/C12H10BrIOS/c13-9-6-12(16-7-9)11(15)5-8-1-3-10(14)4-2-8/h1-4,6-7,11,15H,5H2. The van der Waals surface area contributed by atoms with Crippen molar-refractivity contribution in [2.24, 2.45) is 0 Å². The monoisotopic (exact) mass is 408 g/mol. The van der Waals surface area contributed by atoms with Crippen LogP contribution in [0.2, 0.25) is 0 Å². The number of aliphatic hydroxyl groups is 1. The number of thiophene rings is 1. The van der Waals surface area contributed by atoms with Crippen LogP contribution in [0, 0.1) is 3.57 Å². The van der Waals surface area contributed by atoms with Crippen molar-refractivity contribution >= 4 is 49.9 Å². The maximum atomic E-state index is 10.0. The fourth-order valence-corrected chi connectivity index (χ4v) is 3.24. The van der Waals surface area contributed by atoms with E-state index in [4.69, 9.17) is 0 Å². The van der Waals surface area contributed by atoms with Crippen LogP contribution in [0.3, 0.4) is 0 Å². The van der Waals surface area contributed by atoms with Crippen LogP contribution < -0.4 is 0 Å². The molecule has 2 aromatic rings. The lowest BCUT2D eigenvalue weighted by Crippen LogP contribution is -1.99. The summed E-state index contributed by atoms with van der Waals surface area (Å²) < 4.78 is 2.25. The number of benzene rings is 1. The topological polar surface area (TPSA) is 20.2 Å². The van der Waals surface area contributed by atoms with Gasteiger partial charge >= 0.3 is 0 Å². The van der Waals surface area contributed by atoms with Crippen molar-refractivity contribution in [3.8, 4) is 0 Å². The molecule has 4 heteroatoms. The Morgan fingerprint density at radius 3 is 2.56 bits per heavy atom. The van der Waals surface area contributed by atoms with Gasteiger partial charge in [0.05, 0.1) is 6.10 Å². The third-order valence-corrected chi connectivity index (χ3v) is 4.77. The van der Waals surface area contributed by atoms with Crippen LogP contribution in [0.1, 0.15) is 16.5 Å². The highest BCUT2D eigenvalue weighted by atomic mass is 127. The Morgan fingerprint density at radius 2 is 2.00 bits per heavy atom. The van der Waals surface area contributed by atoms with E-state index in [1.807, 2.05) is 11.4 Å². The van der Waals surface area contributed by atoms with Crippen LogP contribution in [0.25, 0.3) is 0 Å². The summed E-state index contributed by atoms with van der Waals surface area (Å²) in [5.41, 5.74) is 1.16. The molecule has 1 atom stereocenters. The van der Waals surface area contributed by atoms with Crippen molar-refractivity contribution in [1.82, 2.24) is 0 Å². The van der Waals surface area contributed by atoms with Crippen molar-refractivity contribution in [2.45, 2.75) is 12.5 Å². The molecule has 0 aliphatic rings. The first-order chi connectivity index (χ1) is 7.65. The first-order valence-electron chi connectivity index (χ1n) is 4.81. The Labute approximate surface area is 121 Å². The Bertz CT molecular complexity index is 466. The maximum Gasteiger partial charge on any atom is 0.0922 e.